The fourth-order valence-electron chi connectivity index (χ4n) is 7.92. The van der Waals surface area contributed by atoms with Gasteiger partial charge in [-0.15, -0.1) is 0 Å². The maximum absolute atomic E-state index is 2.41. The van der Waals surface area contributed by atoms with E-state index in [0.717, 1.165) is 22.7 Å². The third kappa shape index (κ3) is 5.04. The number of rotatable bonds is 6. The van der Waals surface area contributed by atoms with Gasteiger partial charge in [0.05, 0.1) is 16.7 Å². The lowest BCUT2D eigenvalue weighted by atomic mass is 9.96. The van der Waals surface area contributed by atoms with Crippen LogP contribution in [0.3, 0.4) is 0 Å². The van der Waals surface area contributed by atoms with Gasteiger partial charge in [0.2, 0.25) is 0 Å². The van der Waals surface area contributed by atoms with Gasteiger partial charge in [-0.3, -0.25) is 0 Å². The van der Waals surface area contributed by atoms with Crippen molar-refractivity contribution in [2.24, 2.45) is 0 Å². The summed E-state index contributed by atoms with van der Waals surface area (Å²) < 4.78 is 2.41. The van der Waals surface area contributed by atoms with Crippen LogP contribution in [0.15, 0.2) is 206 Å². The molecule has 52 heavy (non-hydrogen) atoms. The third-order valence-corrected chi connectivity index (χ3v) is 10.4. The molecule has 2 heteroatoms. The minimum absolute atomic E-state index is 1.11. The molecule has 10 rings (SSSR count). The standard InChI is InChI=1S/C50H34N2/c1-2-13-35(14-3-1)36-25-29-40(30-26-36)51(48-24-12-17-37-15-4-7-19-44(37)48)41-31-27-38(28-32-41)47-34-42(33-39-16-5-6-18-43(39)47)52-49-22-10-8-20-45(49)46-21-9-11-23-50(46)52/h1-34H. The van der Waals surface area contributed by atoms with E-state index in [4.69, 9.17) is 0 Å². The van der Waals surface area contributed by atoms with Crippen LogP contribution in [0, 0.1) is 0 Å². The van der Waals surface area contributed by atoms with Crippen LogP contribution in [0.4, 0.5) is 17.1 Å². The van der Waals surface area contributed by atoms with Crippen LogP contribution >= 0.6 is 0 Å². The quantitative estimate of drug-likeness (QED) is 0.172. The van der Waals surface area contributed by atoms with E-state index in [0.29, 0.717) is 0 Å². The van der Waals surface area contributed by atoms with Crippen molar-refractivity contribution in [2.75, 3.05) is 4.90 Å². The van der Waals surface area contributed by atoms with E-state index in [9.17, 15) is 0 Å². The van der Waals surface area contributed by atoms with Crippen LogP contribution in [0.1, 0.15) is 0 Å². The molecule has 2 nitrogen and oxygen atoms in total. The van der Waals surface area contributed by atoms with Crippen LogP contribution in [0.5, 0.6) is 0 Å². The van der Waals surface area contributed by atoms with Crippen molar-refractivity contribution in [1.29, 1.82) is 0 Å². The summed E-state index contributed by atoms with van der Waals surface area (Å²) in [7, 11) is 0. The van der Waals surface area contributed by atoms with Gasteiger partial charge >= 0.3 is 0 Å². The Morgan fingerprint density at radius 1 is 0.327 bits per heavy atom. The molecular formula is C50H34N2. The van der Waals surface area contributed by atoms with Crippen molar-refractivity contribution in [2.45, 2.75) is 0 Å². The highest BCUT2D eigenvalue weighted by Crippen LogP contribution is 2.42. The monoisotopic (exact) mass is 662 g/mol. The first-order valence-corrected chi connectivity index (χ1v) is 17.9. The summed E-state index contributed by atoms with van der Waals surface area (Å²) in [6.07, 6.45) is 0. The van der Waals surface area contributed by atoms with Crippen molar-refractivity contribution in [3.05, 3.63) is 206 Å². The Labute approximate surface area is 303 Å². The van der Waals surface area contributed by atoms with Crippen LogP contribution in [-0.4, -0.2) is 4.57 Å². The lowest BCUT2D eigenvalue weighted by molar-refractivity contribution is 1.19. The highest BCUT2D eigenvalue weighted by Gasteiger charge is 2.18. The number of para-hydroxylation sites is 2. The molecule has 0 amide bonds. The smallest absolute Gasteiger partial charge is 0.0541 e. The van der Waals surface area contributed by atoms with E-state index in [2.05, 4.69) is 216 Å². The van der Waals surface area contributed by atoms with E-state index >= 15 is 0 Å². The second-order valence-electron chi connectivity index (χ2n) is 13.4. The third-order valence-electron chi connectivity index (χ3n) is 10.4. The molecule has 0 fully saturated rings. The van der Waals surface area contributed by atoms with Crippen molar-refractivity contribution < 1.29 is 0 Å². The molecule has 0 aliphatic heterocycles. The molecule has 0 unspecified atom stereocenters. The number of fused-ring (bicyclic) bond motifs is 5. The minimum Gasteiger partial charge on any atom is -0.310 e. The van der Waals surface area contributed by atoms with Crippen LogP contribution in [0.25, 0.3) is 71.3 Å². The number of nitrogens with zero attached hydrogens (tertiary/aromatic N) is 2. The maximum Gasteiger partial charge on any atom is 0.0541 e. The van der Waals surface area contributed by atoms with Crippen molar-refractivity contribution >= 4 is 60.4 Å². The summed E-state index contributed by atoms with van der Waals surface area (Å²) in [4.78, 5) is 2.38. The van der Waals surface area contributed by atoms with Gasteiger partial charge in [-0.2, -0.15) is 0 Å². The molecule has 0 atom stereocenters. The van der Waals surface area contributed by atoms with E-state index in [1.807, 2.05) is 0 Å². The van der Waals surface area contributed by atoms with E-state index < -0.39 is 0 Å². The molecule has 9 aromatic carbocycles. The number of aromatic nitrogens is 1. The SMILES string of the molecule is c1ccc(-c2ccc(N(c3ccc(-c4cc(-n5c6ccccc6c6ccccc65)cc5ccccc45)cc3)c3cccc4ccccc34)cc2)cc1. The van der Waals surface area contributed by atoms with Gasteiger partial charge < -0.3 is 9.47 Å². The van der Waals surface area contributed by atoms with Crippen LogP contribution < -0.4 is 4.90 Å². The van der Waals surface area contributed by atoms with E-state index in [1.54, 1.807) is 0 Å². The summed E-state index contributed by atoms with van der Waals surface area (Å²) >= 11 is 0. The zero-order chi connectivity index (χ0) is 34.4. The summed E-state index contributed by atoms with van der Waals surface area (Å²) in [5.41, 5.74) is 11.8. The minimum atomic E-state index is 1.11. The topological polar surface area (TPSA) is 8.17 Å². The first kappa shape index (κ1) is 30.0. The van der Waals surface area contributed by atoms with E-state index in [-0.39, 0.29) is 0 Å². The lowest BCUT2D eigenvalue weighted by Gasteiger charge is -2.27. The Kier molecular flexibility index (Phi) is 7.18. The first-order chi connectivity index (χ1) is 25.8. The van der Waals surface area contributed by atoms with Crippen LogP contribution in [-0.2, 0) is 0 Å². The summed E-state index contributed by atoms with van der Waals surface area (Å²) in [6, 6.07) is 74.7. The lowest BCUT2D eigenvalue weighted by Crippen LogP contribution is -2.10. The average molecular weight is 663 g/mol. The summed E-state index contributed by atoms with van der Waals surface area (Å²) in [5, 5.41) is 7.42. The molecule has 0 spiro atoms. The first-order valence-electron chi connectivity index (χ1n) is 17.9. The van der Waals surface area contributed by atoms with Gasteiger partial charge in [-0.25, -0.2) is 0 Å². The van der Waals surface area contributed by atoms with Crippen molar-refractivity contribution in [3.63, 3.8) is 0 Å². The number of benzene rings is 9. The fourth-order valence-corrected chi connectivity index (χ4v) is 7.92. The Bertz CT molecular complexity index is 2820. The fraction of sp³-hybridized carbons (Fsp3) is 0. The Hall–Kier alpha value is -6.90. The molecule has 0 bridgehead atoms. The van der Waals surface area contributed by atoms with E-state index in [1.165, 1.54) is 65.6 Å². The van der Waals surface area contributed by atoms with Gasteiger partial charge in [-0.05, 0) is 93.0 Å². The molecule has 0 aliphatic rings. The second-order valence-corrected chi connectivity index (χ2v) is 13.4. The van der Waals surface area contributed by atoms with Crippen LogP contribution in [0.2, 0.25) is 0 Å². The normalized spacial score (nSPS) is 11.5. The molecule has 244 valence electrons. The van der Waals surface area contributed by atoms with Crippen molar-refractivity contribution in [1.82, 2.24) is 4.57 Å². The molecule has 0 saturated heterocycles. The largest absolute Gasteiger partial charge is 0.310 e. The molecule has 0 radical (unpaired) electrons. The Morgan fingerprint density at radius 3 is 1.50 bits per heavy atom. The molecule has 1 heterocycles. The summed E-state index contributed by atoms with van der Waals surface area (Å²) in [6.45, 7) is 0. The van der Waals surface area contributed by atoms with Gasteiger partial charge in [0, 0.05) is 33.2 Å². The Morgan fingerprint density at radius 2 is 0.827 bits per heavy atom. The number of anilines is 3. The van der Waals surface area contributed by atoms with Gasteiger partial charge in [0.25, 0.3) is 0 Å². The molecule has 0 saturated carbocycles. The predicted octanol–water partition coefficient (Wildman–Crippen LogP) is 13.9. The number of hydrogen-bond acceptors (Lipinski definition) is 1. The molecule has 1 aromatic heterocycles. The molecule has 0 N–H and O–H groups in total. The van der Waals surface area contributed by atoms with Crippen molar-refractivity contribution in [3.8, 4) is 27.9 Å². The predicted molar refractivity (Wildman–Crippen MR) is 221 cm³/mol. The van der Waals surface area contributed by atoms with Gasteiger partial charge in [0.1, 0.15) is 0 Å². The Balaban J connectivity index is 1.12. The summed E-state index contributed by atoms with van der Waals surface area (Å²) in [5.74, 6) is 0. The van der Waals surface area contributed by atoms with Gasteiger partial charge in [-0.1, -0.05) is 152 Å². The average Bonchev–Trinajstić information content (AvgIpc) is 3.56. The molecule has 10 aromatic rings. The highest BCUT2D eigenvalue weighted by molar-refractivity contribution is 6.10. The molecular weight excluding hydrogens is 629 g/mol. The highest BCUT2D eigenvalue weighted by atomic mass is 15.1. The zero-order valence-corrected chi connectivity index (χ0v) is 28.5. The maximum atomic E-state index is 2.41. The zero-order valence-electron chi connectivity index (χ0n) is 28.5. The number of hydrogen-bond donors (Lipinski definition) is 0. The molecule has 0 aliphatic carbocycles. The second kappa shape index (κ2) is 12.5. The van der Waals surface area contributed by atoms with Gasteiger partial charge in [0.15, 0.2) is 0 Å².